The van der Waals surface area contributed by atoms with Crippen molar-refractivity contribution in [2.45, 2.75) is 11.8 Å². The van der Waals surface area contributed by atoms with E-state index in [1.54, 1.807) is 68.6 Å². The minimum Gasteiger partial charge on any atom is -0.497 e. The molecule has 0 atom stereocenters. The lowest BCUT2D eigenvalue weighted by Gasteiger charge is -2.24. The molecule has 0 aromatic heterocycles. The zero-order valence-corrected chi connectivity index (χ0v) is 19.9. The monoisotopic (exact) mass is 515 g/mol. The second-order valence-electron chi connectivity index (χ2n) is 6.77. The number of hydrazone groups is 1. The Morgan fingerprint density at radius 1 is 1.03 bits per heavy atom. The highest BCUT2D eigenvalue weighted by atomic mass is 79.9. The van der Waals surface area contributed by atoms with Gasteiger partial charge < -0.3 is 4.74 Å². The quantitative estimate of drug-likeness (QED) is 0.359. The zero-order chi connectivity index (χ0) is 23.1. The molecule has 0 fully saturated rings. The molecule has 3 aromatic carbocycles. The van der Waals surface area contributed by atoms with Crippen molar-refractivity contribution in [3.05, 3.63) is 88.9 Å². The van der Waals surface area contributed by atoms with Crippen LogP contribution in [0.5, 0.6) is 5.75 Å². The Kier molecular flexibility index (Phi) is 7.66. The highest BCUT2D eigenvalue weighted by Gasteiger charge is 2.27. The van der Waals surface area contributed by atoms with Crippen molar-refractivity contribution in [2.75, 3.05) is 18.0 Å². The second-order valence-corrected chi connectivity index (χ2v) is 9.54. The number of rotatable bonds is 8. The summed E-state index contributed by atoms with van der Waals surface area (Å²) >= 11 is 3.35. The molecule has 7 nitrogen and oxygen atoms in total. The summed E-state index contributed by atoms with van der Waals surface area (Å²) in [6, 6.07) is 21.9. The Labute approximate surface area is 195 Å². The average molecular weight is 516 g/mol. The maximum absolute atomic E-state index is 13.3. The van der Waals surface area contributed by atoms with Crippen LogP contribution in [0.1, 0.15) is 12.5 Å². The normalized spacial score (nSPS) is 11.7. The van der Waals surface area contributed by atoms with E-state index in [1.165, 1.54) is 12.1 Å². The molecule has 0 aliphatic rings. The molecule has 0 saturated carbocycles. The van der Waals surface area contributed by atoms with Crippen LogP contribution in [-0.2, 0) is 14.8 Å². The van der Waals surface area contributed by atoms with Gasteiger partial charge in [-0.2, -0.15) is 5.10 Å². The molecule has 0 saturated heterocycles. The predicted octanol–water partition coefficient (Wildman–Crippen LogP) is 4.19. The van der Waals surface area contributed by atoms with Gasteiger partial charge in [0.1, 0.15) is 12.3 Å². The molecule has 166 valence electrons. The SMILES string of the molecule is COc1ccc(/C(C)=N\NC(=O)CN(c2cccc(Br)c2)S(=O)(=O)c2ccccc2)cc1. The number of nitrogens with one attached hydrogen (secondary N) is 1. The summed E-state index contributed by atoms with van der Waals surface area (Å²) in [7, 11) is -2.40. The van der Waals surface area contributed by atoms with Crippen LogP contribution < -0.4 is 14.5 Å². The molecule has 0 aliphatic heterocycles. The van der Waals surface area contributed by atoms with E-state index in [0.29, 0.717) is 21.6 Å². The average Bonchev–Trinajstić information content (AvgIpc) is 2.81. The number of nitrogens with zero attached hydrogens (tertiary/aromatic N) is 2. The lowest BCUT2D eigenvalue weighted by atomic mass is 10.1. The molecular formula is C23H22BrN3O4S. The minimum absolute atomic E-state index is 0.0886. The third kappa shape index (κ3) is 5.74. The maximum Gasteiger partial charge on any atom is 0.264 e. The maximum atomic E-state index is 13.3. The van der Waals surface area contributed by atoms with Crippen LogP contribution in [0, 0.1) is 0 Å². The van der Waals surface area contributed by atoms with Gasteiger partial charge in [0.15, 0.2) is 0 Å². The molecule has 9 heteroatoms. The van der Waals surface area contributed by atoms with E-state index in [-0.39, 0.29) is 4.90 Å². The summed E-state index contributed by atoms with van der Waals surface area (Å²) in [5.41, 5.74) is 4.17. The number of amides is 1. The number of halogens is 1. The van der Waals surface area contributed by atoms with Gasteiger partial charge in [-0.05, 0) is 67.1 Å². The number of carbonyl (C=O) groups is 1. The smallest absolute Gasteiger partial charge is 0.264 e. The minimum atomic E-state index is -3.98. The molecule has 0 heterocycles. The largest absolute Gasteiger partial charge is 0.497 e. The Morgan fingerprint density at radius 2 is 1.72 bits per heavy atom. The van der Waals surface area contributed by atoms with Crippen LogP contribution in [0.2, 0.25) is 0 Å². The molecule has 1 N–H and O–H groups in total. The highest BCUT2D eigenvalue weighted by Crippen LogP contribution is 2.26. The van der Waals surface area contributed by atoms with E-state index in [9.17, 15) is 13.2 Å². The van der Waals surface area contributed by atoms with Crippen LogP contribution in [0.15, 0.2) is 93.3 Å². The van der Waals surface area contributed by atoms with E-state index in [0.717, 1.165) is 9.87 Å². The van der Waals surface area contributed by atoms with Crippen molar-refractivity contribution in [2.24, 2.45) is 5.10 Å². The van der Waals surface area contributed by atoms with Gasteiger partial charge in [0.2, 0.25) is 0 Å². The van der Waals surface area contributed by atoms with Gasteiger partial charge in [0.25, 0.3) is 15.9 Å². The number of ether oxygens (including phenoxy) is 1. The molecular weight excluding hydrogens is 494 g/mol. The van der Waals surface area contributed by atoms with Gasteiger partial charge in [-0.25, -0.2) is 13.8 Å². The number of benzene rings is 3. The third-order valence-corrected chi connectivity index (χ3v) is 6.85. The molecule has 3 rings (SSSR count). The first kappa shape index (κ1) is 23.5. The van der Waals surface area contributed by atoms with Gasteiger partial charge in [-0.15, -0.1) is 0 Å². The second kappa shape index (κ2) is 10.4. The fourth-order valence-corrected chi connectivity index (χ4v) is 4.70. The first-order chi connectivity index (χ1) is 15.3. The van der Waals surface area contributed by atoms with Crippen molar-refractivity contribution < 1.29 is 17.9 Å². The third-order valence-electron chi connectivity index (χ3n) is 4.57. The van der Waals surface area contributed by atoms with Crippen LogP contribution in [0.4, 0.5) is 5.69 Å². The molecule has 1 amide bonds. The van der Waals surface area contributed by atoms with Gasteiger partial charge in [0, 0.05) is 4.47 Å². The van der Waals surface area contributed by atoms with E-state index < -0.39 is 22.5 Å². The Balaban J connectivity index is 1.83. The van der Waals surface area contributed by atoms with E-state index in [1.807, 2.05) is 12.1 Å². The van der Waals surface area contributed by atoms with E-state index in [2.05, 4.69) is 26.5 Å². The lowest BCUT2D eigenvalue weighted by molar-refractivity contribution is -0.119. The molecule has 0 radical (unpaired) electrons. The molecule has 0 spiro atoms. The Hall–Kier alpha value is -3.17. The summed E-state index contributed by atoms with van der Waals surface area (Å²) in [5, 5.41) is 4.11. The number of hydrogen-bond acceptors (Lipinski definition) is 5. The van der Waals surface area contributed by atoms with Crippen molar-refractivity contribution in [1.82, 2.24) is 5.43 Å². The highest BCUT2D eigenvalue weighted by molar-refractivity contribution is 9.10. The first-order valence-electron chi connectivity index (χ1n) is 9.62. The van der Waals surface area contributed by atoms with E-state index >= 15 is 0 Å². The standard InChI is InChI=1S/C23H22BrN3O4S/c1-17(18-11-13-21(31-2)14-12-18)25-26-23(28)16-27(20-8-6-7-19(24)15-20)32(29,30)22-9-4-3-5-10-22/h3-15H,16H2,1-2H3,(H,26,28)/b25-17-. The molecule has 0 bridgehead atoms. The molecule has 3 aromatic rings. The Morgan fingerprint density at radius 3 is 2.34 bits per heavy atom. The van der Waals surface area contributed by atoms with Crippen molar-refractivity contribution in [3.63, 3.8) is 0 Å². The number of anilines is 1. The van der Waals surface area contributed by atoms with Gasteiger partial charge in [0.05, 0.1) is 23.4 Å². The summed E-state index contributed by atoms with van der Waals surface area (Å²) in [6.45, 7) is 1.31. The lowest BCUT2D eigenvalue weighted by Crippen LogP contribution is -2.39. The molecule has 0 aliphatic carbocycles. The first-order valence-corrected chi connectivity index (χ1v) is 11.9. The van der Waals surface area contributed by atoms with Crippen LogP contribution in [-0.4, -0.2) is 33.7 Å². The number of sulfonamides is 1. The van der Waals surface area contributed by atoms with Gasteiger partial charge >= 0.3 is 0 Å². The molecule has 0 unspecified atom stereocenters. The summed E-state index contributed by atoms with van der Waals surface area (Å²) in [5.74, 6) is 0.138. The van der Waals surface area contributed by atoms with Gasteiger partial charge in [-0.3, -0.25) is 9.10 Å². The van der Waals surface area contributed by atoms with Crippen molar-refractivity contribution in [3.8, 4) is 5.75 Å². The topological polar surface area (TPSA) is 88.1 Å². The predicted molar refractivity (Wildman–Crippen MR) is 128 cm³/mol. The fourth-order valence-electron chi connectivity index (χ4n) is 2.87. The van der Waals surface area contributed by atoms with Crippen molar-refractivity contribution in [1.29, 1.82) is 0 Å². The number of carbonyl (C=O) groups excluding carboxylic acids is 1. The number of hydrogen-bond donors (Lipinski definition) is 1. The number of methoxy groups -OCH3 is 1. The van der Waals surface area contributed by atoms with Crippen LogP contribution in [0.25, 0.3) is 0 Å². The van der Waals surface area contributed by atoms with Crippen molar-refractivity contribution >= 4 is 43.3 Å². The summed E-state index contributed by atoms with van der Waals surface area (Å²) < 4.78 is 33.4. The van der Waals surface area contributed by atoms with Crippen LogP contribution >= 0.6 is 15.9 Å². The Bertz CT molecular complexity index is 1210. The fraction of sp³-hybridized carbons (Fsp3) is 0.130. The van der Waals surface area contributed by atoms with Crippen LogP contribution in [0.3, 0.4) is 0 Å². The van der Waals surface area contributed by atoms with Gasteiger partial charge in [-0.1, -0.05) is 40.2 Å². The molecule has 32 heavy (non-hydrogen) atoms. The zero-order valence-electron chi connectivity index (χ0n) is 17.5. The van der Waals surface area contributed by atoms with E-state index in [4.69, 9.17) is 4.74 Å². The summed E-state index contributed by atoms with van der Waals surface area (Å²) in [6.07, 6.45) is 0. The summed E-state index contributed by atoms with van der Waals surface area (Å²) in [4.78, 5) is 12.8.